The Kier molecular flexibility index (Phi) is 6.39. The number of hydrogen-bond acceptors (Lipinski definition) is 5. The van der Waals surface area contributed by atoms with Crippen LogP contribution in [0.15, 0.2) is 122 Å². The average molecular weight is 632 g/mol. The highest BCUT2D eigenvalue weighted by Gasteiger charge is 2.18. The van der Waals surface area contributed by atoms with Gasteiger partial charge in [-0.15, -0.1) is 0 Å². The van der Waals surface area contributed by atoms with Crippen molar-refractivity contribution < 1.29 is 0 Å². The molecule has 0 amide bonds. The molecule has 9 aromatic rings. The number of aryl methyl sites for hydroxylation is 3. The highest BCUT2D eigenvalue weighted by Crippen LogP contribution is 2.38. The van der Waals surface area contributed by atoms with E-state index < -0.39 is 0 Å². The molecule has 0 bridgehead atoms. The van der Waals surface area contributed by atoms with E-state index in [4.69, 9.17) is 9.97 Å². The van der Waals surface area contributed by atoms with Gasteiger partial charge in [0.15, 0.2) is 0 Å². The highest BCUT2D eigenvalue weighted by molar-refractivity contribution is 6.10. The number of nitriles is 1. The summed E-state index contributed by atoms with van der Waals surface area (Å²) in [5.41, 5.74) is 14.3. The fraction of sp³-hybridized carbons (Fsp3) is 0.0714. The molecule has 0 spiro atoms. The van der Waals surface area contributed by atoms with E-state index in [1.165, 1.54) is 5.56 Å². The van der Waals surface area contributed by atoms with E-state index in [1.54, 1.807) is 0 Å². The molecule has 0 fully saturated rings. The minimum Gasteiger partial charge on any atom is -0.308 e. The zero-order chi connectivity index (χ0) is 33.2. The first-order chi connectivity index (χ1) is 24.0. The lowest BCUT2D eigenvalue weighted by Gasteiger charge is -2.13. The molecule has 49 heavy (non-hydrogen) atoms. The molecular formula is C42H29N7. The van der Waals surface area contributed by atoms with Crippen LogP contribution in [0.4, 0.5) is 0 Å². The first-order valence-corrected chi connectivity index (χ1v) is 16.2. The number of hydrogen-bond donors (Lipinski definition) is 0. The van der Waals surface area contributed by atoms with Gasteiger partial charge in [0, 0.05) is 68.8 Å². The van der Waals surface area contributed by atoms with Crippen LogP contribution in [0, 0.1) is 32.1 Å². The van der Waals surface area contributed by atoms with Crippen molar-refractivity contribution in [2.24, 2.45) is 0 Å². The van der Waals surface area contributed by atoms with Gasteiger partial charge in [0.05, 0.1) is 57.5 Å². The Morgan fingerprint density at radius 2 is 0.980 bits per heavy atom. The SMILES string of the molecule is Cc1ccc(-n2c3ccncc3c3cc(-c4cc(C)c(-c5cc6c7cnccc7n(-c7ccc(C#N)cc7)c6cn5)cc4C)ncc32)cc1. The van der Waals surface area contributed by atoms with Crippen LogP contribution in [0.5, 0.6) is 0 Å². The summed E-state index contributed by atoms with van der Waals surface area (Å²) in [6, 6.07) is 31.3. The monoisotopic (exact) mass is 631 g/mol. The molecule has 9 rings (SSSR count). The van der Waals surface area contributed by atoms with Crippen LogP contribution in [0.25, 0.3) is 77.5 Å². The third-order valence-electron chi connectivity index (χ3n) is 9.58. The Morgan fingerprint density at radius 3 is 1.45 bits per heavy atom. The topological polar surface area (TPSA) is 85.2 Å². The number of fused-ring (bicyclic) bond motifs is 6. The molecule has 0 atom stereocenters. The Morgan fingerprint density at radius 1 is 0.510 bits per heavy atom. The summed E-state index contributed by atoms with van der Waals surface area (Å²) in [5, 5.41) is 13.7. The molecule has 0 saturated carbocycles. The zero-order valence-electron chi connectivity index (χ0n) is 27.2. The fourth-order valence-corrected chi connectivity index (χ4v) is 7.12. The van der Waals surface area contributed by atoms with Crippen molar-refractivity contribution in [3.8, 4) is 40.0 Å². The van der Waals surface area contributed by atoms with E-state index >= 15 is 0 Å². The normalized spacial score (nSPS) is 11.6. The largest absolute Gasteiger partial charge is 0.308 e. The first-order valence-electron chi connectivity index (χ1n) is 16.2. The number of nitrogens with zero attached hydrogens (tertiary/aromatic N) is 7. The summed E-state index contributed by atoms with van der Waals surface area (Å²) >= 11 is 0. The predicted octanol–water partition coefficient (Wildman–Crippen LogP) is 9.59. The molecule has 0 unspecified atom stereocenters. The average Bonchev–Trinajstić information content (AvgIpc) is 3.65. The molecule has 6 aromatic heterocycles. The van der Waals surface area contributed by atoms with Gasteiger partial charge < -0.3 is 9.13 Å². The molecule has 0 N–H and O–H groups in total. The van der Waals surface area contributed by atoms with Crippen LogP contribution in [0.3, 0.4) is 0 Å². The van der Waals surface area contributed by atoms with Gasteiger partial charge in [-0.05, 0) is 105 Å². The lowest BCUT2D eigenvalue weighted by atomic mass is 9.95. The molecule has 6 heterocycles. The summed E-state index contributed by atoms with van der Waals surface area (Å²) in [6.45, 7) is 6.38. The Hall–Kier alpha value is -6.65. The van der Waals surface area contributed by atoms with E-state index in [0.717, 1.165) is 88.6 Å². The van der Waals surface area contributed by atoms with E-state index in [0.29, 0.717) is 5.56 Å². The van der Waals surface area contributed by atoms with Crippen LogP contribution < -0.4 is 0 Å². The Bertz CT molecular complexity index is 2800. The van der Waals surface area contributed by atoms with E-state index in [1.807, 2.05) is 67.5 Å². The maximum Gasteiger partial charge on any atom is 0.0991 e. The van der Waals surface area contributed by atoms with Gasteiger partial charge in [-0.2, -0.15) is 5.26 Å². The highest BCUT2D eigenvalue weighted by atomic mass is 15.0. The summed E-state index contributed by atoms with van der Waals surface area (Å²) in [7, 11) is 0. The van der Waals surface area contributed by atoms with Crippen molar-refractivity contribution >= 4 is 43.6 Å². The second kappa shape index (κ2) is 11.0. The summed E-state index contributed by atoms with van der Waals surface area (Å²) in [4.78, 5) is 18.9. The van der Waals surface area contributed by atoms with Gasteiger partial charge in [0.1, 0.15) is 0 Å². The predicted molar refractivity (Wildman–Crippen MR) is 196 cm³/mol. The van der Waals surface area contributed by atoms with Crippen molar-refractivity contribution in [3.05, 3.63) is 144 Å². The lowest BCUT2D eigenvalue weighted by molar-refractivity contribution is 1.16. The van der Waals surface area contributed by atoms with Gasteiger partial charge in [0.2, 0.25) is 0 Å². The van der Waals surface area contributed by atoms with Gasteiger partial charge in [-0.3, -0.25) is 19.9 Å². The Balaban J connectivity index is 1.16. The first kappa shape index (κ1) is 28.6. The number of pyridine rings is 4. The molecule has 0 aliphatic heterocycles. The van der Waals surface area contributed by atoms with Crippen LogP contribution in [-0.4, -0.2) is 29.1 Å². The molecule has 7 nitrogen and oxygen atoms in total. The molecular weight excluding hydrogens is 603 g/mol. The molecule has 232 valence electrons. The van der Waals surface area contributed by atoms with Crippen LogP contribution in [0.1, 0.15) is 22.3 Å². The molecule has 0 radical (unpaired) electrons. The summed E-state index contributed by atoms with van der Waals surface area (Å²) in [5.74, 6) is 0. The van der Waals surface area contributed by atoms with Crippen molar-refractivity contribution in [2.75, 3.05) is 0 Å². The molecule has 0 saturated heterocycles. The van der Waals surface area contributed by atoms with Gasteiger partial charge in [0.25, 0.3) is 0 Å². The number of aromatic nitrogens is 6. The third kappa shape index (κ3) is 4.49. The van der Waals surface area contributed by atoms with Gasteiger partial charge >= 0.3 is 0 Å². The number of rotatable bonds is 4. The Labute approximate surface area is 282 Å². The maximum absolute atomic E-state index is 9.31. The third-order valence-corrected chi connectivity index (χ3v) is 9.58. The second-order valence-corrected chi connectivity index (χ2v) is 12.6. The van der Waals surface area contributed by atoms with Crippen LogP contribution in [-0.2, 0) is 0 Å². The van der Waals surface area contributed by atoms with Crippen molar-refractivity contribution in [3.63, 3.8) is 0 Å². The van der Waals surface area contributed by atoms with E-state index in [9.17, 15) is 5.26 Å². The molecule has 7 heteroatoms. The lowest BCUT2D eigenvalue weighted by Crippen LogP contribution is -1.96. The minimum absolute atomic E-state index is 0.627. The van der Waals surface area contributed by atoms with Crippen LogP contribution >= 0.6 is 0 Å². The summed E-state index contributed by atoms with van der Waals surface area (Å²) in [6.07, 6.45) is 11.4. The number of benzene rings is 3. The molecule has 3 aromatic carbocycles. The maximum atomic E-state index is 9.31. The van der Waals surface area contributed by atoms with Crippen molar-refractivity contribution in [1.29, 1.82) is 5.26 Å². The quantitative estimate of drug-likeness (QED) is 0.193. The fourth-order valence-electron chi connectivity index (χ4n) is 7.12. The molecule has 0 aliphatic carbocycles. The van der Waals surface area contributed by atoms with E-state index in [2.05, 4.69) is 101 Å². The summed E-state index contributed by atoms with van der Waals surface area (Å²) < 4.78 is 4.44. The zero-order valence-corrected chi connectivity index (χ0v) is 27.2. The van der Waals surface area contributed by atoms with Gasteiger partial charge in [-0.1, -0.05) is 17.7 Å². The van der Waals surface area contributed by atoms with Crippen molar-refractivity contribution in [1.82, 2.24) is 29.1 Å². The smallest absolute Gasteiger partial charge is 0.0991 e. The molecule has 0 aliphatic rings. The second-order valence-electron chi connectivity index (χ2n) is 12.6. The standard InChI is InChI=1S/C42H29N7/c1-25-4-8-29(9-5-25)48-39-12-14-44-21-35(39)33-18-37(46-23-41(33)48)31-16-27(3)32(17-26(31)2)38-19-34-36-22-45-15-13-40(36)49(42(34)24-47-38)30-10-6-28(20-43)7-11-30/h4-19,21-24H,1-3H3. The van der Waals surface area contributed by atoms with Crippen molar-refractivity contribution in [2.45, 2.75) is 20.8 Å². The van der Waals surface area contributed by atoms with Gasteiger partial charge in [-0.25, -0.2) is 0 Å². The van der Waals surface area contributed by atoms with Crippen LogP contribution in [0.2, 0.25) is 0 Å². The minimum atomic E-state index is 0.627. The van der Waals surface area contributed by atoms with E-state index in [-0.39, 0.29) is 0 Å².